The van der Waals surface area contributed by atoms with Crippen LogP contribution in [0.25, 0.3) is 71.0 Å². The minimum atomic E-state index is 1.18. The monoisotopic (exact) mass is 406 g/mol. The van der Waals surface area contributed by atoms with E-state index in [9.17, 15) is 0 Å². The van der Waals surface area contributed by atoms with Crippen LogP contribution in [0, 0.1) is 0 Å². The van der Waals surface area contributed by atoms with Crippen molar-refractivity contribution in [2.24, 2.45) is 0 Å². The third-order valence-electron chi connectivity index (χ3n) is 7.04. The molecule has 0 bridgehead atoms. The molecule has 0 aliphatic rings. The molecule has 3 heterocycles. The molecule has 3 aromatic heterocycles. The Morgan fingerprint density at radius 1 is 0.438 bits per heavy atom. The molecule has 0 saturated carbocycles. The van der Waals surface area contributed by atoms with Gasteiger partial charge in [0.25, 0.3) is 0 Å². The van der Waals surface area contributed by atoms with Gasteiger partial charge in [-0.2, -0.15) is 0 Å². The molecule has 0 amide bonds. The van der Waals surface area contributed by atoms with E-state index >= 15 is 0 Å². The predicted octanol–water partition coefficient (Wildman–Crippen LogP) is 8.14. The lowest BCUT2D eigenvalue weighted by atomic mass is 9.98. The van der Waals surface area contributed by atoms with E-state index in [1.807, 2.05) is 0 Å². The molecule has 0 spiro atoms. The minimum absolute atomic E-state index is 1.18. The van der Waals surface area contributed by atoms with Crippen LogP contribution in [0.1, 0.15) is 0 Å². The predicted molar refractivity (Wildman–Crippen MR) is 136 cm³/mol. The largest absolute Gasteiger partial charge is 0.354 e. The van der Waals surface area contributed by atoms with Crippen molar-refractivity contribution in [3.8, 4) is 11.1 Å². The smallest absolute Gasteiger partial charge is 0.0620 e. The normalized spacial score (nSPS) is 12.4. The van der Waals surface area contributed by atoms with Gasteiger partial charge in [-0.25, -0.2) is 0 Å². The highest BCUT2D eigenvalue weighted by molar-refractivity contribution is 6.24. The lowest BCUT2D eigenvalue weighted by molar-refractivity contribution is 1.37. The summed E-state index contributed by atoms with van der Waals surface area (Å²) in [4.78, 5) is 3.60. The van der Waals surface area contributed by atoms with Crippen molar-refractivity contribution < 1.29 is 0 Å². The summed E-state index contributed by atoms with van der Waals surface area (Å²) in [7, 11) is 0. The highest BCUT2D eigenvalue weighted by Crippen LogP contribution is 2.42. The van der Waals surface area contributed by atoms with Crippen molar-refractivity contribution in [2.45, 2.75) is 0 Å². The van der Waals surface area contributed by atoms with E-state index < -0.39 is 0 Å². The highest BCUT2D eigenvalue weighted by Gasteiger charge is 2.18. The zero-order chi connectivity index (χ0) is 20.8. The van der Waals surface area contributed by atoms with Crippen LogP contribution in [0.3, 0.4) is 0 Å². The number of benzene rings is 5. The van der Waals surface area contributed by atoms with E-state index in [-0.39, 0.29) is 0 Å². The first-order valence-corrected chi connectivity index (χ1v) is 11.0. The molecule has 5 aromatic carbocycles. The summed E-state index contributed by atoms with van der Waals surface area (Å²) in [6.45, 7) is 0. The van der Waals surface area contributed by atoms with Crippen LogP contribution < -0.4 is 0 Å². The van der Waals surface area contributed by atoms with Gasteiger partial charge in [0.1, 0.15) is 0 Å². The van der Waals surface area contributed by atoms with Gasteiger partial charge in [0.05, 0.1) is 16.6 Å². The minimum Gasteiger partial charge on any atom is -0.354 e. The Hall–Kier alpha value is -4.30. The van der Waals surface area contributed by atoms with Crippen molar-refractivity contribution in [3.63, 3.8) is 0 Å². The van der Waals surface area contributed by atoms with Crippen molar-refractivity contribution in [2.75, 3.05) is 0 Å². The Bertz CT molecular complexity index is 1900. The summed E-state index contributed by atoms with van der Waals surface area (Å²) >= 11 is 0. The van der Waals surface area contributed by atoms with Crippen molar-refractivity contribution in [3.05, 3.63) is 103 Å². The van der Waals surface area contributed by atoms with Gasteiger partial charge in [-0.1, -0.05) is 66.7 Å². The number of para-hydroxylation sites is 3. The fourth-order valence-corrected chi connectivity index (χ4v) is 5.65. The Kier molecular flexibility index (Phi) is 2.91. The Labute approximate surface area is 183 Å². The topological polar surface area (TPSA) is 20.2 Å². The number of H-pyrrole nitrogens is 1. The molecule has 8 rings (SSSR count). The first kappa shape index (κ1) is 16.4. The van der Waals surface area contributed by atoms with Crippen LogP contribution in [-0.2, 0) is 0 Å². The van der Waals surface area contributed by atoms with Gasteiger partial charge in [0, 0.05) is 43.4 Å². The average molecular weight is 406 g/mol. The lowest BCUT2D eigenvalue weighted by Gasteiger charge is -2.05. The van der Waals surface area contributed by atoms with E-state index in [4.69, 9.17) is 0 Å². The number of fused-ring (bicyclic) bond motifs is 9. The number of hydrogen-bond donors (Lipinski definition) is 1. The molecule has 0 radical (unpaired) electrons. The van der Waals surface area contributed by atoms with Crippen molar-refractivity contribution in [1.82, 2.24) is 9.38 Å². The third kappa shape index (κ3) is 1.95. The highest BCUT2D eigenvalue weighted by atomic mass is 14.9. The molecule has 0 atom stereocenters. The van der Waals surface area contributed by atoms with Crippen LogP contribution >= 0.6 is 0 Å². The van der Waals surface area contributed by atoms with E-state index in [1.54, 1.807) is 0 Å². The fourth-order valence-electron chi connectivity index (χ4n) is 5.65. The first-order valence-electron chi connectivity index (χ1n) is 11.0. The van der Waals surface area contributed by atoms with Crippen LogP contribution in [-0.4, -0.2) is 9.38 Å². The van der Waals surface area contributed by atoms with E-state index in [0.717, 1.165) is 0 Å². The van der Waals surface area contributed by atoms with Gasteiger partial charge in [0.2, 0.25) is 0 Å². The van der Waals surface area contributed by atoms with Gasteiger partial charge in [-0.15, -0.1) is 0 Å². The van der Waals surface area contributed by atoms with Crippen molar-refractivity contribution in [1.29, 1.82) is 0 Å². The number of aromatic amines is 1. The molecule has 0 aliphatic carbocycles. The number of rotatable bonds is 1. The molecule has 32 heavy (non-hydrogen) atoms. The van der Waals surface area contributed by atoms with E-state index in [1.165, 1.54) is 71.0 Å². The van der Waals surface area contributed by atoms with Crippen LogP contribution in [0.5, 0.6) is 0 Å². The number of nitrogens with one attached hydrogen (secondary N) is 1. The average Bonchev–Trinajstić information content (AvgIpc) is 3.49. The molecular formula is C30H18N2. The molecule has 148 valence electrons. The van der Waals surface area contributed by atoms with Crippen LogP contribution in [0.2, 0.25) is 0 Å². The quantitative estimate of drug-likeness (QED) is 0.284. The van der Waals surface area contributed by atoms with E-state index in [2.05, 4.69) is 113 Å². The fraction of sp³-hybridized carbons (Fsp3) is 0. The van der Waals surface area contributed by atoms with Gasteiger partial charge in [-0.05, 0) is 47.5 Å². The maximum absolute atomic E-state index is 3.60. The number of hydrogen-bond acceptors (Lipinski definition) is 0. The van der Waals surface area contributed by atoms with Gasteiger partial charge < -0.3 is 9.38 Å². The second kappa shape index (κ2) is 5.68. The summed E-state index contributed by atoms with van der Waals surface area (Å²) in [5.74, 6) is 0. The van der Waals surface area contributed by atoms with Crippen LogP contribution in [0.15, 0.2) is 103 Å². The second-order valence-corrected chi connectivity index (χ2v) is 8.72. The molecule has 0 saturated heterocycles. The molecule has 2 nitrogen and oxygen atoms in total. The SMILES string of the molecule is c1ccc2c(c1)[nH]c1cc(-c3cc4c5ccccc5n5c6ccccc6c(c3)c45)ccc12. The number of aromatic nitrogens is 2. The Balaban J connectivity index is 1.51. The Morgan fingerprint density at radius 3 is 1.75 bits per heavy atom. The standard InChI is InChI=1S/C30H18N2/c1-4-10-26-20(7-1)21-14-13-18(17-27(21)31-26)19-15-24-22-8-2-5-11-28(22)32-29-12-6-3-9-23(29)25(16-19)30(24)32/h1-17,31H. The zero-order valence-corrected chi connectivity index (χ0v) is 17.3. The van der Waals surface area contributed by atoms with Gasteiger partial charge >= 0.3 is 0 Å². The summed E-state index contributed by atoms with van der Waals surface area (Å²) in [6, 6.07) is 37.6. The van der Waals surface area contributed by atoms with Gasteiger partial charge in [-0.3, -0.25) is 0 Å². The van der Waals surface area contributed by atoms with Crippen molar-refractivity contribution >= 4 is 59.9 Å². The molecule has 0 fully saturated rings. The van der Waals surface area contributed by atoms with E-state index in [0.29, 0.717) is 0 Å². The molecule has 1 N–H and O–H groups in total. The lowest BCUT2D eigenvalue weighted by Crippen LogP contribution is -1.80. The van der Waals surface area contributed by atoms with Gasteiger partial charge in [0.15, 0.2) is 0 Å². The molecule has 8 aromatic rings. The summed E-state index contributed by atoms with van der Waals surface area (Å²) < 4.78 is 2.43. The summed E-state index contributed by atoms with van der Waals surface area (Å²) in [5.41, 5.74) is 8.74. The summed E-state index contributed by atoms with van der Waals surface area (Å²) in [5, 5.41) is 7.82. The Morgan fingerprint density at radius 2 is 1.03 bits per heavy atom. The molecule has 2 heteroatoms. The maximum atomic E-state index is 3.60. The maximum Gasteiger partial charge on any atom is 0.0620 e. The second-order valence-electron chi connectivity index (χ2n) is 8.72. The molecular weight excluding hydrogens is 388 g/mol. The first-order chi connectivity index (χ1) is 15.9. The van der Waals surface area contributed by atoms with Crippen LogP contribution in [0.4, 0.5) is 0 Å². The number of nitrogens with zero attached hydrogens (tertiary/aromatic N) is 1. The molecule has 0 unspecified atom stereocenters. The zero-order valence-electron chi connectivity index (χ0n) is 17.3. The summed E-state index contributed by atoms with van der Waals surface area (Å²) in [6.07, 6.45) is 0. The molecule has 0 aliphatic heterocycles. The third-order valence-corrected chi connectivity index (χ3v) is 7.04.